The van der Waals surface area contributed by atoms with Crippen LogP contribution in [0, 0.1) is 0 Å². The van der Waals surface area contributed by atoms with Crippen LogP contribution >= 0.6 is 7.82 Å². The van der Waals surface area contributed by atoms with Crippen LogP contribution in [-0.4, -0.2) is 49.6 Å². The van der Waals surface area contributed by atoms with Crippen LogP contribution in [0.5, 0.6) is 0 Å². The summed E-state index contributed by atoms with van der Waals surface area (Å²) in [5, 5.41) is 0. The third-order valence-corrected chi connectivity index (χ3v) is 2.31. The molecule has 0 aromatic rings. The van der Waals surface area contributed by atoms with E-state index in [1.54, 1.807) is 0 Å². The summed E-state index contributed by atoms with van der Waals surface area (Å²) in [5.41, 5.74) is 0. The highest BCUT2D eigenvalue weighted by molar-refractivity contribution is 7.48. The Labute approximate surface area is 89.3 Å². The second-order valence-corrected chi connectivity index (χ2v) is 5.31. The van der Waals surface area contributed by atoms with E-state index in [0.717, 1.165) is 6.08 Å². The Bertz CT molecular complexity index is 283. The molecule has 0 aromatic heterocycles. The summed E-state index contributed by atoms with van der Waals surface area (Å²) < 4.78 is 20.4. The first-order valence-electron chi connectivity index (χ1n) is 4.30. The molecule has 0 heterocycles. The van der Waals surface area contributed by atoms with E-state index < -0.39 is 13.8 Å². The van der Waals surface area contributed by atoms with Crippen molar-refractivity contribution in [2.45, 2.75) is 0 Å². The van der Waals surface area contributed by atoms with Gasteiger partial charge >= 0.3 is 13.8 Å². The second kappa shape index (κ2) is 5.42. The third kappa shape index (κ3) is 8.32. The molecular formula is C8H17NO5P+. The minimum absolute atomic E-state index is 0.0295. The molecule has 0 bridgehead atoms. The molecule has 88 valence electrons. The zero-order valence-electron chi connectivity index (χ0n) is 9.17. The number of carbonyl (C=O) groups is 1. The van der Waals surface area contributed by atoms with Crippen molar-refractivity contribution in [3.8, 4) is 0 Å². The first-order valence-corrected chi connectivity index (χ1v) is 5.79. The Hall–Kier alpha value is -0.680. The number of rotatable bonds is 6. The number of carbonyl (C=O) groups excluding carboxylic acids is 1. The van der Waals surface area contributed by atoms with Crippen molar-refractivity contribution in [1.29, 1.82) is 0 Å². The van der Waals surface area contributed by atoms with Gasteiger partial charge in [0.15, 0.2) is 0 Å². The van der Waals surface area contributed by atoms with Crippen LogP contribution in [0.25, 0.3) is 0 Å². The van der Waals surface area contributed by atoms with E-state index in [1.807, 2.05) is 21.1 Å². The maximum absolute atomic E-state index is 11.1. The molecule has 0 aliphatic heterocycles. The molecule has 0 amide bonds. The molecule has 6 nitrogen and oxygen atoms in total. The number of phosphoric acid groups is 1. The quantitative estimate of drug-likeness (QED) is 0.415. The Morgan fingerprint density at radius 3 is 2.47 bits per heavy atom. The fourth-order valence-corrected chi connectivity index (χ4v) is 1.27. The number of likely N-dealkylation sites (N-methyl/N-ethyl adjacent to an activating group) is 1. The van der Waals surface area contributed by atoms with Gasteiger partial charge in [-0.15, -0.1) is 0 Å². The molecule has 0 aliphatic rings. The largest absolute Gasteiger partial charge is 0.530 e. The lowest BCUT2D eigenvalue weighted by Gasteiger charge is -2.23. The van der Waals surface area contributed by atoms with Crippen molar-refractivity contribution in [3.05, 3.63) is 12.7 Å². The van der Waals surface area contributed by atoms with Crippen molar-refractivity contribution >= 4 is 13.8 Å². The lowest BCUT2D eigenvalue weighted by Crippen LogP contribution is -2.37. The predicted octanol–water partition coefficient (Wildman–Crippen LogP) is 0.539. The topological polar surface area (TPSA) is 72.8 Å². The van der Waals surface area contributed by atoms with Crippen molar-refractivity contribution in [2.75, 3.05) is 34.3 Å². The van der Waals surface area contributed by atoms with Crippen LogP contribution < -0.4 is 0 Å². The molecule has 1 atom stereocenters. The van der Waals surface area contributed by atoms with Crippen LogP contribution in [0.15, 0.2) is 12.7 Å². The molecule has 0 aromatic carbocycles. The zero-order chi connectivity index (χ0) is 12.1. The van der Waals surface area contributed by atoms with Crippen molar-refractivity contribution in [2.24, 2.45) is 0 Å². The monoisotopic (exact) mass is 238 g/mol. The smallest absolute Gasteiger partial charge is 0.367 e. The van der Waals surface area contributed by atoms with E-state index in [4.69, 9.17) is 4.89 Å². The molecular weight excluding hydrogens is 221 g/mol. The number of nitrogens with zero attached hydrogens (tertiary/aromatic N) is 1. The lowest BCUT2D eigenvalue weighted by atomic mass is 10.5. The zero-order valence-corrected chi connectivity index (χ0v) is 10.1. The van der Waals surface area contributed by atoms with Crippen molar-refractivity contribution in [3.63, 3.8) is 0 Å². The van der Waals surface area contributed by atoms with Gasteiger partial charge in [0.05, 0.1) is 21.1 Å². The minimum atomic E-state index is -4.28. The lowest BCUT2D eigenvalue weighted by molar-refractivity contribution is -0.870. The van der Waals surface area contributed by atoms with E-state index >= 15 is 0 Å². The summed E-state index contributed by atoms with van der Waals surface area (Å²) in [5.74, 6) is -0.980. The average molecular weight is 238 g/mol. The van der Waals surface area contributed by atoms with Gasteiger partial charge in [0.25, 0.3) is 0 Å². The number of quaternary nitrogens is 1. The first-order chi connectivity index (χ1) is 6.66. The molecule has 0 aliphatic carbocycles. The fourth-order valence-electron chi connectivity index (χ4n) is 0.607. The predicted molar refractivity (Wildman–Crippen MR) is 55.0 cm³/mol. The van der Waals surface area contributed by atoms with Crippen LogP contribution in [0.4, 0.5) is 0 Å². The van der Waals surface area contributed by atoms with Gasteiger partial charge in [0, 0.05) is 6.08 Å². The highest BCUT2D eigenvalue weighted by Gasteiger charge is 2.25. The Kier molecular flexibility index (Phi) is 5.17. The van der Waals surface area contributed by atoms with Crippen molar-refractivity contribution < 1.29 is 27.8 Å². The van der Waals surface area contributed by atoms with Gasteiger partial charge in [-0.2, -0.15) is 0 Å². The highest BCUT2D eigenvalue weighted by Crippen LogP contribution is 2.43. The summed E-state index contributed by atoms with van der Waals surface area (Å²) >= 11 is 0. The number of hydrogen-bond acceptors (Lipinski definition) is 4. The Morgan fingerprint density at radius 1 is 1.53 bits per heavy atom. The molecule has 1 N–H and O–H groups in total. The maximum Gasteiger partial charge on any atom is 0.530 e. The van der Waals surface area contributed by atoms with E-state index in [1.165, 1.54) is 0 Å². The van der Waals surface area contributed by atoms with Gasteiger partial charge in [-0.25, -0.2) is 9.36 Å². The molecule has 0 spiro atoms. The molecule has 0 radical (unpaired) electrons. The SMILES string of the molecule is C=CC(=O)OP(=O)(O)OCC[N+](C)(C)C. The maximum atomic E-state index is 11.1. The standard InChI is InChI=1S/C8H16NO5P/c1-5-8(10)14-15(11,12)13-7-6-9(2,3)4/h5H,1,6-7H2,2-4H3/p+1. The molecule has 1 unspecified atom stereocenters. The van der Waals surface area contributed by atoms with Crippen molar-refractivity contribution in [1.82, 2.24) is 0 Å². The van der Waals surface area contributed by atoms with Gasteiger partial charge in [0.1, 0.15) is 13.2 Å². The van der Waals surface area contributed by atoms with E-state index in [9.17, 15) is 9.36 Å². The Morgan fingerprint density at radius 2 is 2.07 bits per heavy atom. The molecule has 7 heteroatoms. The summed E-state index contributed by atoms with van der Waals surface area (Å²) in [4.78, 5) is 19.7. The van der Waals surface area contributed by atoms with Crippen LogP contribution in [0.3, 0.4) is 0 Å². The van der Waals surface area contributed by atoms with E-state index in [0.29, 0.717) is 11.0 Å². The average Bonchev–Trinajstić information content (AvgIpc) is 2.00. The first kappa shape index (κ1) is 14.3. The normalized spacial score (nSPS) is 15.5. The fraction of sp³-hybridized carbons (Fsp3) is 0.625. The number of phosphoric ester groups is 1. The summed E-state index contributed by atoms with van der Waals surface area (Å²) in [6.07, 6.45) is 0.798. The third-order valence-electron chi connectivity index (χ3n) is 1.39. The molecule has 0 saturated heterocycles. The van der Waals surface area contributed by atoms with Gasteiger partial charge in [-0.3, -0.25) is 9.42 Å². The molecule has 0 saturated carbocycles. The van der Waals surface area contributed by atoms with Gasteiger partial charge in [-0.1, -0.05) is 6.58 Å². The summed E-state index contributed by atoms with van der Waals surface area (Å²) in [6.45, 7) is 3.65. The molecule has 0 rings (SSSR count). The van der Waals surface area contributed by atoms with E-state index in [2.05, 4.69) is 15.6 Å². The Balaban J connectivity index is 4.00. The van der Waals surface area contributed by atoms with Crippen LogP contribution in [-0.2, 0) is 18.4 Å². The molecule has 0 fully saturated rings. The number of hydrogen-bond donors (Lipinski definition) is 1. The van der Waals surface area contributed by atoms with Gasteiger partial charge in [-0.05, 0) is 0 Å². The van der Waals surface area contributed by atoms with E-state index in [-0.39, 0.29) is 6.61 Å². The molecule has 15 heavy (non-hydrogen) atoms. The summed E-state index contributed by atoms with van der Waals surface area (Å²) in [7, 11) is 1.43. The van der Waals surface area contributed by atoms with Gasteiger partial charge in [0.2, 0.25) is 0 Å². The van der Waals surface area contributed by atoms with Gasteiger partial charge < -0.3 is 9.01 Å². The summed E-state index contributed by atoms with van der Waals surface area (Å²) in [6, 6.07) is 0. The highest BCUT2D eigenvalue weighted by atomic mass is 31.2. The minimum Gasteiger partial charge on any atom is -0.367 e. The van der Waals surface area contributed by atoms with Crippen LogP contribution in [0.1, 0.15) is 0 Å². The van der Waals surface area contributed by atoms with Crippen LogP contribution in [0.2, 0.25) is 0 Å². The second-order valence-electron chi connectivity index (χ2n) is 3.93.